The van der Waals surface area contributed by atoms with Gasteiger partial charge in [0, 0.05) is 37.2 Å². The second-order valence-corrected chi connectivity index (χ2v) is 8.96. The fraction of sp³-hybridized carbons (Fsp3) is 0.500. The molecule has 8 heteroatoms. The first-order chi connectivity index (χ1) is 13.4. The third-order valence-corrected chi connectivity index (χ3v) is 7.32. The first-order valence-corrected chi connectivity index (χ1v) is 11.2. The van der Waals surface area contributed by atoms with Crippen LogP contribution in [-0.4, -0.2) is 46.6 Å². The minimum Gasteiger partial charge on any atom is -0.340 e. The Balaban J connectivity index is 1.92. The van der Waals surface area contributed by atoms with Crippen LogP contribution < -0.4 is 5.32 Å². The largest absolute Gasteiger partial charge is 0.340 e. The molecule has 0 radical (unpaired) electrons. The highest BCUT2D eigenvalue weighted by Crippen LogP contribution is 2.35. The van der Waals surface area contributed by atoms with E-state index >= 15 is 0 Å². The Bertz CT molecular complexity index is 928. The molecule has 0 aromatic carbocycles. The van der Waals surface area contributed by atoms with Gasteiger partial charge in [0.25, 0.3) is 10.2 Å². The zero-order valence-electron chi connectivity index (χ0n) is 17.0. The van der Waals surface area contributed by atoms with Crippen LogP contribution >= 0.6 is 0 Å². The van der Waals surface area contributed by atoms with Crippen LogP contribution in [0, 0.1) is 13.8 Å². The monoisotopic (exact) mass is 403 g/mol. The molecule has 0 unspecified atom stereocenters. The molecule has 7 nitrogen and oxygen atoms in total. The lowest BCUT2D eigenvalue weighted by molar-refractivity contribution is 0.335. The van der Waals surface area contributed by atoms with Gasteiger partial charge in [-0.05, 0) is 50.5 Å². The Hall–Kier alpha value is -2.03. The van der Waals surface area contributed by atoms with Crippen molar-refractivity contribution >= 4 is 21.7 Å². The molecule has 0 aliphatic carbocycles. The van der Waals surface area contributed by atoms with E-state index < -0.39 is 10.2 Å². The molecule has 1 N–H and O–H groups in total. The van der Waals surface area contributed by atoms with Crippen LogP contribution in [0.5, 0.6) is 0 Å². The Kier molecular flexibility index (Phi) is 6.32. The summed E-state index contributed by atoms with van der Waals surface area (Å²) in [6.45, 7) is 9.13. The van der Waals surface area contributed by atoms with Crippen molar-refractivity contribution in [1.29, 1.82) is 0 Å². The number of hydrogen-bond donors (Lipinski definition) is 1. The average Bonchev–Trinajstić information content (AvgIpc) is 3.15. The van der Waals surface area contributed by atoms with Gasteiger partial charge in [-0.2, -0.15) is 17.0 Å². The molecule has 1 aliphatic heterocycles. The van der Waals surface area contributed by atoms with Gasteiger partial charge in [-0.1, -0.05) is 19.9 Å². The van der Waals surface area contributed by atoms with E-state index in [9.17, 15) is 8.42 Å². The van der Waals surface area contributed by atoms with Crippen molar-refractivity contribution in [1.82, 2.24) is 18.6 Å². The van der Waals surface area contributed by atoms with Crippen LogP contribution in [0.4, 0.5) is 11.5 Å². The first kappa shape index (κ1) is 20.7. The van der Waals surface area contributed by atoms with E-state index in [2.05, 4.69) is 15.3 Å². The molecule has 3 rings (SSSR count). The third-order valence-electron chi connectivity index (χ3n) is 5.12. The number of anilines is 2. The summed E-state index contributed by atoms with van der Waals surface area (Å²) in [6, 6.07) is 7.56. The minimum atomic E-state index is -3.50. The average molecular weight is 404 g/mol. The number of rotatable bonds is 7. The highest BCUT2D eigenvalue weighted by Gasteiger charge is 2.38. The lowest BCUT2D eigenvalue weighted by Crippen LogP contribution is -2.43. The van der Waals surface area contributed by atoms with E-state index in [4.69, 9.17) is 0 Å². The second kappa shape index (κ2) is 8.55. The summed E-state index contributed by atoms with van der Waals surface area (Å²) in [6.07, 6.45) is 3.36. The predicted molar refractivity (Wildman–Crippen MR) is 112 cm³/mol. The summed E-state index contributed by atoms with van der Waals surface area (Å²) in [5.41, 5.74) is 3.55. The molecule has 0 saturated carbocycles. The molecule has 152 valence electrons. The normalized spacial score (nSPS) is 18.0. The molecule has 3 heterocycles. The van der Waals surface area contributed by atoms with Gasteiger partial charge < -0.3 is 5.32 Å². The number of aryl methyl sites for hydroxylation is 2. The van der Waals surface area contributed by atoms with Gasteiger partial charge >= 0.3 is 0 Å². The molecule has 2 aromatic heterocycles. The molecule has 0 bridgehead atoms. The topological polar surface area (TPSA) is 78.4 Å². The van der Waals surface area contributed by atoms with Crippen molar-refractivity contribution in [3.63, 3.8) is 0 Å². The van der Waals surface area contributed by atoms with Gasteiger partial charge in [0.15, 0.2) is 0 Å². The maximum atomic E-state index is 13.1. The summed E-state index contributed by atoms with van der Waals surface area (Å²) in [5.74, 6) is 0.790. The van der Waals surface area contributed by atoms with Crippen LogP contribution in [0.2, 0.25) is 0 Å². The fourth-order valence-electron chi connectivity index (χ4n) is 3.70. The van der Waals surface area contributed by atoms with E-state index in [1.54, 1.807) is 10.5 Å². The highest BCUT2D eigenvalue weighted by atomic mass is 32.2. The predicted octanol–water partition coefficient (Wildman–Crippen LogP) is 3.56. The van der Waals surface area contributed by atoms with E-state index in [0.717, 1.165) is 41.3 Å². The van der Waals surface area contributed by atoms with E-state index in [1.165, 1.54) is 4.31 Å². The summed E-state index contributed by atoms with van der Waals surface area (Å²) in [7, 11) is -3.50. The van der Waals surface area contributed by atoms with Gasteiger partial charge in [0.2, 0.25) is 0 Å². The first-order valence-electron chi connectivity index (χ1n) is 9.81. The molecule has 1 fully saturated rings. The standard InChI is InChI=1S/C20H29N5O2S/c1-5-24(6-2)28(26,27)25-12-8-10-19(25)18-14-17(13-16(4)22-18)23-20-15(3)9-7-11-21-20/h7,9,11,13-14,19H,5-6,8,10,12H2,1-4H3,(H,21,22,23)/t19-/m1/s1. The van der Waals surface area contributed by atoms with E-state index in [-0.39, 0.29) is 6.04 Å². The second-order valence-electron chi connectivity index (χ2n) is 7.08. The fourth-order valence-corrected chi connectivity index (χ4v) is 5.54. The zero-order valence-corrected chi connectivity index (χ0v) is 17.8. The maximum absolute atomic E-state index is 13.1. The van der Waals surface area contributed by atoms with Crippen LogP contribution in [0.25, 0.3) is 0 Å². The number of nitrogens with zero attached hydrogens (tertiary/aromatic N) is 4. The van der Waals surface area contributed by atoms with Crippen molar-refractivity contribution in [2.75, 3.05) is 25.0 Å². The zero-order chi connectivity index (χ0) is 20.3. The Morgan fingerprint density at radius 1 is 1.25 bits per heavy atom. The molecule has 2 aromatic rings. The summed E-state index contributed by atoms with van der Waals surface area (Å²) in [5, 5.41) is 3.35. The lowest BCUT2D eigenvalue weighted by Gasteiger charge is -2.29. The smallest absolute Gasteiger partial charge is 0.282 e. The Labute approximate surface area is 168 Å². The third kappa shape index (κ3) is 4.19. The van der Waals surface area contributed by atoms with Gasteiger partial charge in [-0.25, -0.2) is 4.98 Å². The molecular formula is C20H29N5O2S. The highest BCUT2D eigenvalue weighted by molar-refractivity contribution is 7.86. The van der Waals surface area contributed by atoms with Crippen LogP contribution in [0.1, 0.15) is 49.7 Å². The molecule has 0 amide bonds. The molecule has 1 atom stereocenters. The quantitative estimate of drug-likeness (QED) is 0.765. The number of aromatic nitrogens is 2. The molecule has 1 aliphatic rings. The van der Waals surface area contributed by atoms with Crippen molar-refractivity contribution in [3.8, 4) is 0 Å². The van der Waals surface area contributed by atoms with Gasteiger partial charge in [-0.15, -0.1) is 0 Å². The van der Waals surface area contributed by atoms with Crippen molar-refractivity contribution in [3.05, 3.63) is 47.4 Å². The molecule has 0 spiro atoms. The van der Waals surface area contributed by atoms with Crippen LogP contribution in [0.15, 0.2) is 30.5 Å². The summed E-state index contributed by atoms with van der Waals surface area (Å²) in [4.78, 5) is 9.06. The number of pyridine rings is 2. The minimum absolute atomic E-state index is 0.240. The Morgan fingerprint density at radius 3 is 2.68 bits per heavy atom. The number of hydrogen-bond acceptors (Lipinski definition) is 5. The lowest BCUT2D eigenvalue weighted by atomic mass is 10.1. The van der Waals surface area contributed by atoms with Crippen molar-refractivity contribution in [2.45, 2.75) is 46.6 Å². The van der Waals surface area contributed by atoms with E-state index in [1.807, 2.05) is 52.0 Å². The summed E-state index contributed by atoms with van der Waals surface area (Å²) >= 11 is 0. The van der Waals surface area contributed by atoms with Crippen LogP contribution in [-0.2, 0) is 10.2 Å². The SMILES string of the molecule is CCN(CC)S(=O)(=O)N1CCC[C@@H]1c1cc(Nc2ncccc2C)cc(C)n1. The van der Waals surface area contributed by atoms with Gasteiger partial charge in [0.05, 0.1) is 11.7 Å². The maximum Gasteiger partial charge on any atom is 0.282 e. The van der Waals surface area contributed by atoms with Gasteiger partial charge in [0.1, 0.15) is 5.82 Å². The number of nitrogens with one attached hydrogen (secondary N) is 1. The molecule has 28 heavy (non-hydrogen) atoms. The molecule has 1 saturated heterocycles. The van der Waals surface area contributed by atoms with Gasteiger partial charge in [-0.3, -0.25) is 4.98 Å². The summed E-state index contributed by atoms with van der Waals surface area (Å²) < 4.78 is 29.3. The van der Waals surface area contributed by atoms with E-state index in [0.29, 0.717) is 19.6 Å². The van der Waals surface area contributed by atoms with Crippen molar-refractivity contribution in [2.24, 2.45) is 0 Å². The van der Waals surface area contributed by atoms with Crippen LogP contribution in [0.3, 0.4) is 0 Å². The molecular weight excluding hydrogens is 374 g/mol. The van der Waals surface area contributed by atoms with Crippen molar-refractivity contribution < 1.29 is 8.42 Å². The Morgan fingerprint density at radius 2 is 2.00 bits per heavy atom.